The zero-order valence-corrected chi connectivity index (χ0v) is 6.59. The van der Waals surface area contributed by atoms with Crippen LogP contribution >= 0.6 is 0 Å². The Balaban J connectivity index is 3.25. The number of rotatable bonds is 2. The summed E-state index contributed by atoms with van der Waals surface area (Å²) in [5, 5.41) is 17.3. The van der Waals surface area contributed by atoms with Gasteiger partial charge in [0.25, 0.3) is 0 Å². The Labute approximate surface area is 69.4 Å². The highest BCUT2D eigenvalue weighted by atomic mass is 16.4. The fourth-order valence-electron chi connectivity index (χ4n) is 1.04. The summed E-state index contributed by atoms with van der Waals surface area (Å²) in [6, 6.07) is 1.86. The van der Waals surface area contributed by atoms with E-state index in [0.29, 0.717) is 6.42 Å². The van der Waals surface area contributed by atoms with Crippen LogP contribution in [0.15, 0.2) is 6.20 Å². The number of carbonyl (C=O) groups is 1. The van der Waals surface area contributed by atoms with Gasteiger partial charge in [-0.3, -0.25) is 0 Å². The summed E-state index contributed by atoms with van der Waals surface area (Å²) < 4.78 is 0. The van der Waals surface area contributed by atoms with E-state index in [1.807, 2.05) is 13.0 Å². The van der Waals surface area contributed by atoms with Crippen LogP contribution in [0.25, 0.3) is 0 Å². The number of nitrogens with one attached hydrogen (secondary N) is 1. The number of nitriles is 1. The molecule has 0 aromatic carbocycles. The summed E-state index contributed by atoms with van der Waals surface area (Å²) in [4.78, 5) is 13.1. The molecule has 0 aliphatic heterocycles. The molecule has 62 valence electrons. The average Bonchev–Trinajstić information content (AvgIpc) is 2.46. The molecule has 1 heterocycles. The topological polar surface area (TPSA) is 76.9 Å². The normalized spacial score (nSPS) is 9.33. The summed E-state index contributed by atoms with van der Waals surface area (Å²) in [5.41, 5.74) is 0.967. The summed E-state index contributed by atoms with van der Waals surface area (Å²) in [5.74, 6) is -1.09. The van der Waals surface area contributed by atoms with Crippen molar-refractivity contribution in [3.63, 3.8) is 0 Å². The third kappa shape index (κ3) is 1.17. The molecule has 0 aliphatic carbocycles. The molecule has 1 aromatic rings. The van der Waals surface area contributed by atoms with Crippen molar-refractivity contribution in [1.29, 1.82) is 5.26 Å². The zero-order chi connectivity index (χ0) is 9.14. The molecule has 12 heavy (non-hydrogen) atoms. The van der Waals surface area contributed by atoms with E-state index in [1.54, 1.807) is 6.20 Å². The van der Waals surface area contributed by atoms with Crippen LogP contribution in [0.3, 0.4) is 0 Å². The van der Waals surface area contributed by atoms with Crippen molar-refractivity contribution in [3.05, 3.63) is 23.0 Å². The minimum atomic E-state index is -1.09. The quantitative estimate of drug-likeness (QED) is 0.688. The first-order chi connectivity index (χ1) is 5.70. The lowest BCUT2D eigenvalue weighted by Crippen LogP contribution is -1.99. The summed E-state index contributed by atoms with van der Waals surface area (Å²) in [7, 11) is 0. The smallest absolute Gasteiger partial charge is 0.353 e. The lowest BCUT2D eigenvalue weighted by Gasteiger charge is -1.90. The molecule has 0 amide bonds. The molecule has 0 aliphatic rings. The van der Waals surface area contributed by atoms with E-state index in [0.717, 1.165) is 5.56 Å². The van der Waals surface area contributed by atoms with Crippen molar-refractivity contribution in [2.24, 2.45) is 0 Å². The van der Waals surface area contributed by atoms with Crippen molar-refractivity contribution in [3.8, 4) is 6.07 Å². The second-order valence-corrected chi connectivity index (χ2v) is 2.33. The van der Waals surface area contributed by atoms with Gasteiger partial charge in [-0.05, 0) is 12.0 Å². The molecular weight excluding hydrogens is 156 g/mol. The summed E-state index contributed by atoms with van der Waals surface area (Å²) >= 11 is 0. The molecule has 0 saturated heterocycles. The Kier molecular flexibility index (Phi) is 2.15. The highest BCUT2D eigenvalue weighted by Crippen LogP contribution is 2.13. The maximum Gasteiger partial charge on any atom is 0.353 e. The van der Waals surface area contributed by atoms with Gasteiger partial charge in [-0.2, -0.15) is 5.26 Å². The Bertz CT molecular complexity index is 346. The monoisotopic (exact) mass is 164 g/mol. The first kappa shape index (κ1) is 8.34. The molecular formula is C8H8N2O2. The molecule has 0 saturated carbocycles. The number of hydrogen-bond acceptors (Lipinski definition) is 2. The maximum atomic E-state index is 10.5. The fraction of sp³-hybridized carbons (Fsp3) is 0.250. The van der Waals surface area contributed by atoms with Gasteiger partial charge in [0.1, 0.15) is 11.8 Å². The standard InChI is InChI=1S/C8H8N2O2/c1-2-5-4-10-7(8(11)12)6(5)3-9/h4,10H,2H2,1H3,(H,11,12). The molecule has 0 atom stereocenters. The van der Waals surface area contributed by atoms with Crippen LogP contribution in [0.5, 0.6) is 0 Å². The van der Waals surface area contributed by atoms with Crippen molar-refractivity contribution >= 4 is 5.97 Å². The number of aromatic amines is 1. The van der Waals surface area contributed by atoms with E-state index in [1.165, 1.54) is 0 Å². The summed E-state index contributed by atoms with van der Waals surface area (Å²) in [6.07, 6.45) is 2.22. The van der Waals surface area contributed by atoms with E-state index >= 15 is 0 Å². The highest BCUT2D eigenvalue weighted by Gasteiger charge is 2.14. The van der Waals surface area contributed by atoms with Crippen LogP contribution in [-0.4, -0.2) is 16.1 Å². The Morgan fingerprint density at radius 3 is 2.92 bits per heavy atom. The van der Waals surface area contributed by atoms with Crippen molar-refractivity contribution in [2.75, 3.05) is 0 Å². The second-order valence-electron chi connectivity index (χ2n) is 2.33. The van der Waals surface area contributed by atoms with Gasteiger partial charge >= 0.3 is 5.97 Å². The number of aromatic carboxylic acids is 1. The number of aryl methyl sites for hydroxylation is 1. The molecule has 0 spiro atoms. The molecule has 0 fully saturated rings. The molecule has 0 bridgehead atoms. The van der Waals surface area contributed by atoms with Gasteiger partial charge in [-0.1, -0.05) is 6.92 Å². The first-order valence-electron chi connectivity index (χ1n) is 3.54. The number of aromatic nitrogens is 1. The van der Waals surface area contributed by atoms with E-state index in [-0.39, 0.29) is 11.3 Å². The van der Waals surface area contributed by atoms with Crippen LogP contribution in [0.1, 0.15) is 28.5 Å². The largest absolute Gasteiger partial charge is 0.477 e. The number of nitrogens with zero attached hydrogens (tertiary/aromatic N) is 1. The molecule has 0 radical (unpaired) electrons. The molecule has 1 rings (SSSR count). The molecule has 2 N–H and O–H groups in total. The Morgan fingerprint density at radius 2 is 2.50 bits per heavy atom. The van der Waals surface area contributed by atoms with E-state index in [2.05, 4.69) is 4.98 Å². The van der Waals surface area contributed by atoms with Gasteiger partial charge in [0, 0.05) is 6.20 Å². The minimum Gasteiger partial charge on any atom is -0.477 e. The lowest BCUT2D eigenvalue weighted by molar-refractivity contribution is 0.0691. The fourth-order valence-corrected chi connectivity index (χ4v) is 1.04. The number of hydrogen-bond donors (Lipinski definition) is 2. The predicted molar refractivity (Wildman–Crippen MR) is 41.8 cm³/mol. The van der Waals surface area contributed by atoms with Gasteiger partial charge < -0.3 is 10.1 Å². The second kappa shape index (κ2) is 3.09. The SMILES string of the molecule is CCc1c[nH]c(C(=O)O)c1C#N. The highest BCUT2D eigenvalue weighted by molar-refractivity contribution is 5.89. The predicted octanol–water partition coefficient (Wildman–Crippen LogP) is 1.15. The zero-order valence-electron chi connectivity index (χ0n) is 6.59. The van der Waals surface area contributed by atoms with E-state index in [4.69, 9.17) is 10.4 Å². The lowest BCUT2D eigenvalue weighted by atomic mass is 10.1. The van der Waals surface area contributed by atoms with Crippen LogP contribution in [0, 0.1) is 11.3 Å². The van der Waals surface area contributed by atoms with Gasteiger partial charge in [-0.15, -0.1) is 0 Å². The Morgan fingerprint density at radius 1 is 1.83 bits per heavy atom. The van der Waals surface area contributed by atoms with Gasteiger partial charge in [-0.25, -0.2) is 4.79 Å². The van der Waals surface area contributed by atoms with Crippen LogP contribution in [-0.2, 0) is 6.42 Å². The first-order valence-corrected chi connectivity index (χ1v) is 3.54. The van der Waals surface area contributed by atoms with Crippen molar-refractivity contribution < 1.29 is 9.90 Å². The van der Waals surface area contributed by atoms with E-state index < -0.39 is 5.97 Å². The number of carboxylic acids is 1. The van der Waals surface area contributed by atoms with Gasteiger partial charge in [0.15, 0.2) is 0 Å². The van der Waals surface area contributed by atoms with Crippen LogP contribution in [0.4, 0.5) is 0 Å². The molecule has 4 nitrogen and oxygen atoms in total. The van der Waals surface area contributed by atoms with Crippen LogP contribution < -0.4 is 0 Å². The number of H-pyrrole nitrogens is 1. The number of carboxylic acid groups (broad SMARTS) is 1. The Hall–Kier alpha value is -1.76. The molecule has 0 unspecified atom stereocenters. The van der Waals surface area contributed by atoms with Crippen LogP contribution in [0.2, 0.25) is 0 Å². The van der Waals surface area contributed by atoms with Gasteiger partial charge in [0.2, 0.25) is 0 Å². The average molecular weight is 164 g/mol. The third-order valence-electron chi connectivity index (χ3n) is 1.67. The van der Waals surface area contributed by atoms with E-state index in [9.17, 15) is 4.79 Å². The minimum absolute atomic E-state index is 0.0191. The van der Waals surface area contributed by atoms with Gasteiger partial charge in [0.05, 0.1) is 5.56 Å². The maximum absolute atomic E-state index is 10.5. The third-order valence-corrected chi connectivity index (χ3v) is 1.67. The van der Waals surface area contributed by atoms with Crippen molar-refractivity contribution in [2.45, 2.75) is 13.3 Å². The summed E-state index contributed by atoms with van der Waals surface area (Å²) in [6.45, 7) is 1.87. The molecule has 4 heteroatoms. The van der Waals surface area contributed by atoms with Crippen molar-refractivity contribution in [1.82, 2.24) is 4.98 Å². The molecule has 1 aromatic heterocycles.